The number of nitrogens with zero attached hydrogens (tertiary/aromatic N) is 1. The lowest BCUT2D eigenvalue weighted by atomic mass is 10.1. The van der Waals surface area contributed by atoms with Crippen molar-refractivity contribution >= 4 is 23.6 Å². The molecule has 0 saturated heterocycles. The fourth-order valence-electron chi connectivity index (χ4n) is 2.43. The van der Waals surface area contributed by atoms with Crippen molar-refractivity contribution in [1.29, 1.82) is 0 Å². The number of aromatic amines is 2. The van der Waals surface area contributed by atoms with E-state index in [1.807, 2.05) is 4.98 Å². The summed E-state index contributed by atoms with van der Waals surface area (Å²) >= 11 is 0. The molecule has 0 aliphatic rings. The molecule has 0 spiro atoms. The molecule has 3 rings (SSSR count). The lowest BCUT2D eigenvalue weighted by Gasteiger charge is -1.99. The number of furan rings is 1. The molecule has 9 heteroatoms. The predicted molar refractivity (Wildman–Crippen MR) is 97.4 cm³/mol. The van der Waals surface area contributed by atoms with Gasteiger partial charge in [0, 0.05) is 11.1 Å². The molecule has 0 aliphatic heterocycles. The Hall–Kier alpha value is -4.01. The van der Waals surface area contributed by atoms with Gasteiger partial charge in [-0.3, -0.25) is 24.7 Å². The Morgan fingerprint density at radius 3 is 2.41 bits per heavy atom. The lowest BCUT2D eigenvalue weighted by Crippen LogP contribution is -2.25. The SMILES string of the molecule is CC(=O)c1ccc(-c2ccc(C=Cc3[nH]c(=O)[nH]c(=O)c3[N+](=O)[O-])o2)cc1. The average Bonchev–Trinajstić information content (AvgIpc) is 3.08. The van der Waals surface area contributed by atoms with Gasteiger partial charge in [0.1, 0.15) is 17.2 Å². The summed E-state index contributed by atoms with van der Waals surface area (Å²) in [7, 11) is 0. The van der Waals surface area contributed by atoms with E-state index in [1.165, 1.54) is 19.1 Å². The summed E-state index contributed by atoms with van der Waals surface area (Å²) in [4.78, 5) is 48.4. The standard InChI is InChI=1S/C18H13N3O6/c1-10(22)11-2-4-12(5-3-11)15-9-7-13(27-15)6-8-14-16(21(25)26)17(23)20-18(24)19-14/h2-9H,1H3,(H2,19,20,23,24). The van der Waals surface area contributed by atoms with Gasteiger partial charge in [0.25, 0.3) is 0 Å². The Kier molecular flexibility index (Phi) is 4.67. The first kappa shape index (κ1) is 17.8. The summed E-state index contributed by atoms with van der Waals surface area (Å²) in [6.45, 7) is 1.48. The van der Waals surface area contributed by atoms with Gasteiger partial charge in [0.15, 0.2) is 5.78 Å². The van der Waals surface area contributed by atoms with Gasteiger partial charge in [-0.2, -0.15) is 0 Å². The van der Waals surface area contributed by atoms with Crippen LogP contribution in [0.3, 0.4) is 0 Å². The second-order valence-electron chi connectivity index (χ2n) is 5.60. The van der Waals surface area contributed by atoms with Crippen molar-refractivity contribution in [1.82, 2.24) is 9.97 Å². The minimum atomic E-state index is -1.09. The van der Waals surface area contributed by atoms with E-state index < -0.39 is 21.9 Å². The van der Waals surface area contributed by atoms with Crippen LogP contribution < -0.4 is 11.2 Å². The zero-order valence-electron chi connectivity index (χ0n) is 14.0. The summed E-state index contributed by atoms with van der Waals surface area (Å²) in [5.41, 5.74) is -1.62. The third kappa shape index (κ3) is 3.82. The first-order valence-electron chi connectivity index (χ1n) is 7.75. The van der Waals surface area contributed by atoms with E-state index in [4.69, 9.17) is 4.42 Å². The van der Waals surface area contributed by atoms with Crippen molar-refractivity contribution < 1.29 is 14.1 Å². The molecule has 2 heterocycles. The van der Waals surface area contributed by atoms with E-state index >= 15 is 0 Å². The number of nitrogens with one attached hydrogen (secondary N) is 2. The molecule has 9 nitrogen and oxygen atoms in total. The second-order valence-corrected chi connectivity index (χ2v) is 5.60. The van der Waals surface area contributed by atoms with Crippen molar-refractivity contribution in [3.63, 3.8) is 0 Å². The van der Waals surface area contributed by atoms with Crippen LogP contribution in [0.25, 0.3) is 23.5 Å². The van der Waals surface area contributed by atoms with E-state index in [2.05, 4.69) is 4.98 Å². The maximum Gasteiger partial charge on any atom is 0.357 e. The van der Waals surface area contributed by atoms with Crippen molar-refractivity contribution in [3.05, 3.63) is 84.4 Å². The number of Topliss-reactive ketones (excluding diaryl/α,β-unsaturated/α-hetero) is 1. The van der Waals surface area contributed by atoms with Crippen LogP contribution in [0.15, 0.2) is 50.4 Å². The van der Waals surface area contributed by atoms with Gasteiger partial charge in [0.2, 0.25) is 0 Å². The Balaban J connectivity index is 1.90. The molecule has 2 aromatic heterocycles. The highest BCUT2D eigenvalue weighted by molar-refractivity contribution is 5.94. The largest absolute Gasteiger partial charge is 0.457 e. The molecule has 0 aliphatic carbocycles. The molecule has 0 saturated carbocycles. The average molecular weight is 367 g/mol. The highest BCUT2D eigenvalue weighted by Gasteiger charge is 2.18. The number of aromatic nitrogens is 2. The number of hydrogen-bond acceptors (Lipinski definition) is 6. The number of rotatable bonds is 5. The van der Waals surface area contributed by atoms with E-state index in [9.17, 15) is 24.5 Å². The highest BCUT2D eigenvalue weighted by atomic mass is 16.6. The maximum atomic E-state index is 11.6. The predicted octanol–water partition coefficient (Wildman–Crippen LogP) is 2.60. The smallest absolute Gasteiger partial charge is 0.357 e. The molecule has 0 radical (unpaired) electrons. The summed E-state index contributed by atoms with van der Waals surface area (Å²) < 4.78 is 5.63. The fourth-order valence-corrected chi connectivity index (χ4v) is 2.43. The highest BCUT2D eigenvalue weighted by Crippen LogP contribution is 2.24. The summed E-state index contributed by atoms with van der Waals surface area (Å²) in [6, 6.07) is 10.2. The third-order valence-electron chi connectivity index (χ3n) is 3.75. The fraction of sp³-hybridized carbons (Fsp3) is 0.0556. The normalized spacial score (nSPS) is 11.0. The van der Waals surface area contributed by atoms with Crippen LogP contribution in [0.2, 0.25) is 0 Å². The minimum Gasteiger partial charge on any atom is -0.457 e. The van der Waals surface area contributed by atoms with Gasteiger partial charge in [-0.15, -0.1) is 0 Å². The third-order valence-corrected chi connectivity index (χ3v) is 3.75. The molecule has 3 aromatic rings. The van der Waals surface area contributed by atoms with Crippen molar-refractivity contribution in [2.45, 2.75) is 6.92 Å². The van der Waals surface area contributed by atoms with E-state index in [-0.39, 0.29) is 11.5 Å². The number of carbonyl (C=O) groups is 1. The minimum absolute atomic E-state index is 0.0435. The topological polar surface area (TPSA) is 139 Å². The summed E-state index contributed by atoms with van der Waals surface area (Å²) in [5, 5.41) is 11.0. The number of ketones is 1. The molecule has 0 atom stereocenters. The van der Waals surface area contributed by atoms with Gasteiger partial charge >= 0.3 is 16.9 Å². The molecule has 0 amide bonds. The van der Waals surface area contributed by atoms with Crippen LogP contribution in [-0.4, -0.2) is 20.7 Å². The van der Waals surface area contributed by atoms with Gasteiger partial charge in [0.05, 0.1) is 4.92 Å². The van der Waals surface area contributed by atoms with Gasteiger partial charge in [-0.1, -0.05) is 24.3 Å². The maximum absolute atomic E-state index is 11.6. The Morgan fingerprint density at radius 2 is 1.78 bits per heavy atom. The summed E-state index contributed by atoms with van der Waals surface area (Å²) in [6.07, 6.45) is 2.61. The van der Waals surface area contributed by atoms with Crippen LogP contribution >= 0.6 is 0 Å². The zero-order valence-corrected chi connectivity index (χ0v) is 14.0. The van der Waals surface area contributed by atoms with Crippen molar-refractivity contribution in [2.24, 2.45) is 0 Å². The number of carbonyl (C=O) groups excluding carboxylic acids is 1. The molecule has 27 heavy (non-hydrogen) atoms. The van der Waals surface area contributed by atoms with Crippen LogP contribution in [-0.2, 0) is 0 Å². The Labute approximate surface area is 151 Å². The molecular weight excluding hydrogens is 354 g/mol. The first-order chi connectivity index (χ1) is 12.8. The molecule has 2 N–H and O–H groups in total. The number of H-pyrrole nitrogens is 2. The molecule has 136 valence electrons. The van der Waals surface area contributed by atoms with Crippen molar-refractivity contribution in [3.8, 4) is 11.3 Å². The van der Waals surface area contributed by atoms with Gasteiger partial charge < -0.3 is 9.40 Å². The quantitative estimate of drug-likeness (QED) is 0.404. The zero-order chi connectivity index (χ0) is 19.6. The van der Waals surface area contributed by atoms with Crippen LogP contribution in [0.5, 0.6) is 0 Å². The Bertz CT molecular complexity index is 1160. The lowest BCUT2D eigenvalue weighted by molar-refractivity contribution is -0.386. The second kappa shape index (κ2) is 7.08. The molecule has 0 fully saturated rings. The molecular formula is C18H13N3O6. The van der Waals surface area contributed by atoms with E-state index in [0.29, 0.717) is 17.1 Å². The van der Waals surface area contributed by atoms with Crippen molar-refractivity contribution in [2.75, 3.05) is 0 Å². The van der Waals surface area contributed by atoms with Crippen LogP contribution in [0.1, 0.15) is 28.7 Å². The van der Waals surface area contributed by atoms with Crippen LogP contribution in [0.4, 0.5) is 5.69 Å². The number of hydrogen-bond donors (Lipinski definition) is 2. The first-order valence-corrected chi connectivity index (χ1v) is 7.75. The monoisotopic (exact) mass is 367 g/mol. The van der Waals surface area contributed by atoms with Crippen LogP contribution in [0, 0.1) is 10.1 Å². The van der Waals surface area contributed by atoms with Gasteiger partial charge in [-0.05, 0) is 31.2 Å². The van der Waals surface area contributed by atoms with Gasteiger partial charge in [-0.25, -0.2) is 4.79 Å². The van der Waals surface area contributed by atoms with E-state index in [1.54, 1.807) is 36.4 Å². The Morgan fingerprint density at radius 1 is 1.07 bits per heavy atom. The molecule has 0 unspecified atom stereocenters. The molecule has 1 aromatic carbocycles. The number of benzene rings is 1. The molecule has 0 bridgehead atoms. The summed E-state index contributed by atoms with van der Waals surface area (Å²) in [5.74, 6) is 0.841. The van der Waals surface area contributed by atoms with E-state index in [0.717, 1.165) is 5.56 Å². The number of nitro groups is 1.